The van der Waals surface area contributed by atoms with Crippen LogP contribution >= 0.6 is 23.2 Å². The summed E-state index contributed by atoms with van der Waals surface area (Å²) in [4.78, 5) is 2.39. The fraction of sp³-hybridized carbons (Fsp3) is 0.227. The largest absolute Gasteiger partial charge is 0.355 e. The second-order valence-corrected chi connectivity index (χ2v) is 7.78. The zero-order chi connectivity index (χ0) is 18.4. The lowest BCUT2D eigenvalue weighted by atomic mass is 10.1. The van der Waals surface area contributed by atoms with E-state index in [9.17, 15) is 0 Å². The highest BCUT2D eigenvalue weighted by Gasteiger charge is 2.23. The lowest BCUT2D eigenvalue weighted by molar-refractivity contribution is 0.572. The van der Waals surface area contributed by atoms with Crippen LogP contribution in [0.1, 0.15) is 19.3 Å². The van der Waals surface area contributed by atoms with Crippen LogP contribution in [0.5, 0.6) is 0 Å². The first-order valence-electron chi connectivity index (χ1n) is 9.34. The predicted octanol–water partition coefficient (Wildman–Crippen LogP) is 6.45. The van der Waals surface area contributed by atoms with Crippen LogP contribution in [0.2, 0.25) is 10.0 Å². The molecule has 1 saturated heterocycles. The van der Waals surface area contributed by atoms with Gasteiger partial charge in [-0.25, -0.2) is 4.52 Å². The molecule has 0 aliphatic carbocycles. The second-order valence-electron chi connectivity index (χ2n) is 7.02. The van der Waals surface area contributed by atoms with Crippen molar-refractivity contribution in [2.45, 2.75) is 19.3 Å². The van der Waals surface area contributed by atoms with Crippen molar-refractivity contribution in [2.24, 2.45) is 0 Å². The van der Waals surface area contributed by atoms with E-state index in [1.807, 2.05) is 40.9 Å². The Morgan fingerprint density at radius 2 is 1.41 bits per heavy atom. The predicted molar refractivity (Wildman–Crippen MR) is 114 cm³/mol. The average Bonchev–Trinajstić information content (AvgIpc) is 2.99. The third-order valence-corrected chi connectivity index (χ3v) is 6.19. The molecule has 2 aromatic carbocycles. The van der Waals surface area contributed by atoms with Gasteiger partial charge in [0.25, 0.3) is 0 Å². The minimum absolute atomic E-state index is 0.552. The van der Waals surface area contributed by atoms with Crippen LogP contribution in [0, 0.1) is 0 Å². The summed E-state index contributed by atoms with van der Waals surface area (Å²) >= 11 is 13.4. The number of piperidine rings is 1. The van der Waals surface area contributed by atoms with Gasteiger partial charge >= 0.3 is 0 Å². The van der Waals surface area contributed by atoms with Crippen molar-refractivity contribution in [3.8, 4) is 11.3 Å². The Hall–Kier alpha value is -2.23. The van der Waals surface area contributed by atoms with Crippen LogP contribution in [0.3, 0.4) is 0 Å². The maximum Gasteiger partial charge on any atom is 0.157 e. The van der Waals surface area contributed by atoms with Gasteiger partial charge in [-0.3, -0.25) is 0 Å². The molecule has 27 heavy (non-hydrogen) atoms. The van der Waals surface area contributed by atoms with Crippen LogP contribution in [-0.4, -0.2) is 22.7 Å². The molecule has 1 fully saturated rings. The van der Waals surface area contributed by atoms with Gasteiger partial charge in [0.1, 0.15) is 0 Å². The average molecular weight is 396 g/mol. The molecule has 3 nitrogen and oxygen atoms in total. The highest BCUT2D eigenvalue weighted by molar-refractivity contribution is 6.47. The summed E-state index contributed by atoms with van der Waals surface area (Å²) in [5, 5.41) is 8.38. The Morgan fingerprint density at radius 3 is 2.15 bits per heavy atom. The third kappa shape index (κ3) is 2.69. The van der Waals surface area contributed by atoms with Crippen LogP contribution in [0.15, 0.2) is 54.6 Å². The van der Waals surface area contributed by atoms with E-state index in [0.29, 0.717) is 10.0 Å². The van der Waals surface area contributed by atoms with Crippen molar-refractivity contribution >= 4 is 45.3 Å². The van der Waals surface area contributed by atoms with E-state index in [0.717, 1.165) is 46.5 Å². The molecule has 0 N–H and O–H groups in total. The number of nitrogens with zero attached hydrogens (tertiary/aromatic N) is 3. The SMILES string of the molecule is Clc1c(Cl)c2c3ccccc3c(N3CCCCC3)nn2c1-c1ccccc1. The van der Waals surface area contributed by atoms with Gasteiger partial charge in [-0.05, 0) is 19.3 Å². The van der Waals surface area contributed by atoms with Crippen LogP contribution < -0.4 is 4.90 Å². The molecular weight excluding hydrogens is 377 g/mol. The highest BCUT2D eigenvalue weighted by atomic mass is 35.5. The van der Waals surface area contributed by atoms with Crippen LogP contribution in [-0.2, 0) is 0 Å². The number of fused-ring (bicyclic) bond motifs is 3. The molecule has 0 unspecified atom stereocenters. The Bertz CT molecular complexity index is 1130. The van der Waals surface area contributed by atoms with Gasteiger partial charge in [0.2, 0.25) is 0 Å². The minimum atomic E-state index is 0.552. The van der Waals surface area contributed by atoms with Gasteiger partial charge in [0.05, 0.1) is 21.3 Å². The first-order chi connectivity index (χ1) is 13.3. The zero-order valence-corrected chi connectivity index (χ0v) is 16.3. The first-order valence-corrected chi connectivity index (χ1v) is 10.1. The van der Waals surface area contributed by atoms with E-state index in [1.165, 1.54) is 19.3 Å². The lowest BCUT2D eigenvalue weighted by Gasteiger charge is -2.29. The number of rotatable bonds is 2. The quantitative estimate of drug-likeness (QED) is 0.388. The topological polar surface area (TPSA) is 20.5 Å². The maximum atomic E-state index is 6.71. The Balaban J connectivity index is 1.88. The molecular formula is C22H19Cl2N3. The van der Waals surface area contributed by atoms with Crippen molar-refractivity contribution in [1.82, 2.24) is 9.61 Å². The van der Waals surface area contributed by atoms with Gasteiger partial charge in [-0.2, -0.15) is 0 Å². The first kappa shape index (κ1) is 16.9. The third-order valence-electron chi connectivity index (χ3n) is 5.35. The molecule has 0 bridgehead atoms. The summed E-state index contributed by atoms with van der Waals surface area (Å²) in [5.41, 5.74) is 2.73. The normalized spacial score (nSPS) is 15.0. The van der Waals surface area contributed by atoms with E-state index >= 15 is 0 Å². The van der Waals surface area contributed by atoms with Gasteiger partial charge < -0.3 is 4.90 Å². The molecule has 0 spiro atoms. The summed E-state index contributed by atoms with van der Waals surface area (Å²) in [5.74, 6) is 1.01. The fourth-order valence-electron chi connectivity index (χ4n) is 4.06. The molecule has 4 aromatic rings. The lowest BCUT2D eigenvalue weighted by Crippen LogP contribution is -2.30. The van der Waals surface area contributed by atoms with E-state index in [2.05, 4.69) is 23.1 Å². The monoisotopic (exact) mass is 395 g/mol. The zero-order valence-electron chi connectivity index (χ0n) is 14.8. The number of hydrogen-bond acceptors (Lipinski definition) is 2. The van der Waals surface area contributed by atoms with Gasteiger partial charge in [0, 0.05) is 29.4 Å². The summed E-state index contributed by atoms with van der Waals surface area (Å²) < 4.78 is 1.94. The fourth-order valence-corrected chi connectivity index (χ4v) is 4.61. The molecule has 136 valence electrons. The van der Waals surface area contributed by atoms with Crippen LogP contribution in [0.4, 0.5) is 5.82 Å². The second kappa shape index (κ2) is 6.74. The summed E-state index contributed by atoms with van der Waals surface area (Å²) in [6, 6.07) is 18.4. The van der Waals surface area contributed by atoms with Gasteiger partial charge in [-0.15, -0.1) is 5.10 Å². The molecule has 0 atom stereocenters. The molecule has 0 amide bonds. The number of anilines is 1. The van der Waals surface area contributed by atoms with Gasteiger partial charge in [-0.1, -0.05) is 77.8 Å². The summed E-state index contributed by atoms with van der Waals surface area (Å²) in [6.45, 7) is 2.07. The maximum absolute atomic E-state index is 6.71. The smallest absolute Gasteiger partial charge is 0.157 e. The van der Waals surface area contributed by atoms with E-state index < -0.39 is 0 Å². The van der Waals surface area contributed by atoms with E-state index in [1.54, 1.807) is 0 Å². The van der Waals surface area contributed by atoms with E-state index in [-0.39, 0.29) is 0 Å². The van der Waals surface area contributed by atoms with Crippen molar-refractivity contribution < 1.29 is 0 Å². The summed E-state index contributed by atoms with van der Waals surface area (Å²) in [6.07, 6.45) is 3.69. The molecule has 2 aromatic heterocycles. The number of benzene rings is 2. The van der Waals surface area contributed by atoms with E-state index in [4.69, 9.17) is 28.3 Å². The number of hydrogen-bond donors (Lipinski definition) is 0. The standard InChI is InChI=1S/C22H19Cl2N3/c23-18-19(24)21-16-11-5-6-12-17(16)22(26-13-7-2-8-14-26)25-27(21)20(18)15-9-3-1-4-10-15/h1,3-6,9-12H,2,7-8,13-14H2. The summed E-state index contributed by atoms with van der Waals surface area (Å²) in [7, 11) is 0. The van der Waals surface area contributed by atoms with Crippen molar-refractivity contribution in [1.29, 1.82) is 0 Å². The van der Waals surface area contributed by atoms with Gasteiger partial charge in [0.15, 0.2) is 5.82 Å². The molecule has 1 aliphatic rings. The molecule has 1 aliphatic heterocycles. The Labute approximate surface area is 168 Å². The minimum Gasteiger partial charge on any atom is -0.355 e. The molecule has 0 saturated carbocycles. The molecule has 5 rings (SSSR count). The Kier molecular flexibility index (Phi) is 4.22. The van der Waals surface area contributed by atoms with Crippen LogP contribution in [0.25, 0.3) is 27.5 Å². The number of halogens is 2. The molecule has 3 heterocycles. The van der Waals surface area contributed by atoms with Crippen molar-refractivity contribution in [3.63, 3.8) is 0 Å². The molecule has 0 radical (unpaired) electrons. The number of aromatic nitrogens is 2. The molecule has 5 heteroatoms. The highest BCUT2D eigenvalue weighted by Crippen LogP contribution is 2.42. The Morgan fingerprint density at radius 1 is 0.741 bits per heavy atom. The van der Waals surface area contributed by atoms with Crippen molar-refractivity contribution in [3.05, 3.63) is 64.6 Å². The van der Waals surface area contributed by atoms with Crippen molar-refractivity contribution in [2.75, 3.05) is 18.0 Å².